The molecule has 3 aromatic rings. The number of aromatic nitrogens is 2. The van der Waals surface area contributed by atoms with Crippen molar-refractivity contribution >= 4 is 62.6 Å². The molecule has 12 heteroatoms. The molecule has 1 atom stereocenters. The monoisotopic (exact) mass is 557 g/mol. The average molecular weight is 558 g/mol. The summed E-state index contributed by atoms with van der Waals surface area (Å²) in [5, 5.41) is 9.67. The number of hydrogen-bond donors (Lipinski definition) is 2. The summed E-state index contributed by atoms with van der Waals surface area (Å²) >= 11 is 8.84. The van der Waals surface area contributed by atoms with E-state index in [2.05, 4.69) is 31.8 Å². The Bertz CT molecular complexity index is 1280. The Morgan fingerprint density at radius 3 is 2.51 bits per heavy atom. The van der Waals surface area contributed by atoms with Crippen LogP contribution in [0.15, 0.2) is 63.6 Å². The maximum Gasteiger partial charge on any atom is 0.307 e. The summed E-state index contributed by atoms with van der Waals surface area (Å²) in [5.74, 6) is -0.869. The number of hydrogen-bond acceptors (Lipinski definition) is 6. The van der Waals surface area contributed by atoms with Gasteiger partial charge >= 0.3 is 5.88 Å². The highest BCUT2D eigenvalue weighted by atomic mass is 79.9. The van der Waals surface area contributed by atoms with Crippen molar-refractivity contribution < 1.29 is 23.6 Å². The Labute approximate surface area is 215 Å². The molecule has 0 radical (unpaired) electrons. The number of anilines is 2. The predicted octanol–water partition coefficient (Wildman–Crippen LogP) is 2.47. The largest absolute Gasteiger partial charge is 0.326 e. The van der Waals surface area contributed by atoms with Crippen molar-refractivity contribution in [2.24, 2.45) is 7.05 Å². The van der Waals surface area contributed by atoms with Gasteiger partial charge in [-0.05, 0) is 53.3 Å². The van der Waals surface area contributed by atoms with Gasteiger partial charge in [0, 0.05) is 22.8 Å². The van der Waals surface area contributed by atoms with Crippen molar-refractivity contribution in [2.75, 3.05) is 17.7 Å². The lowest BCUT2D eigenvalue weighted by molar-refractivity contribution is -0.746. The van der Waals surface area contributed by atoms with E-state index in [1.54, 1.807) is 55.4 Å². The molecule has 1 aromatic heterocycles. The first kappa shape index (κ1) is 24.5. The predicted molar refractivity (Wildman–Crippen MR) is 134 cm³/mol. The number of halogens is 1. The Kier molecular flexibility index (Phi) is 7.22. The lowest BCUT2D eigenvalue weighted by Gasteiger charge is -2.21. The number of thiocarbonyl (C=S) groups is 1. The average Bonchev–Trinajstić information content (AvgIpc) is 3.28. The SMILES string of the molecule is CN1C(=O)C(CC(=O)Nc2ccc(Br)cc2)N(Cc2c(NC(=O)c3ccccc3)on[n+]2C)C1=S. The topological polar surface area (TPSA) is 112 Å². The molecule has 1 aliphatic heterocycles. The second-order valence-electron chi connectivity index (χ2n) is 7.88. The summed E-state index contributed by atoms with van der Waals surface area (Å²) in [7, 11) is 3.22. The minimum Gasteiger partial charge on any atom is -0.326 e. The van der Waals surface area contributed by atoms with Crippen LogP contribution < -0.4 is 15.3 Å². The number of aryl methyl sites for hydroxylation is 1. The van der Waals surface area contributed by atoms with Gasteiger partial charge in [0.05, 0.1) is 6.42 Å². The first-order valence-corrected chi connectivity index (χ1v) is 11.8. The number of likely N-dealkylation sites (N-methyl/N-ethyl adjacent to an activating group) is 1. The maximum absolute atomic E-state index is 12.9. The molecule has 0 bridgehead atoms. The first-order chi connectivity index (χ1) is 16.7. The third kappa shape index (κ3) is 5.38. The fourth-order valence-electron chi connectivity index (χ4n) is 3.62. The molecule has 0 saturated carbocycles. The molecule has 2 heterocycles. The Balaban J connectivity index is 1.52. The second-order valence-corrected chi connectivity index (χ2v) is 9.16. The van der Waals surface area contributed by atoms with Crippen LogP contribution in [0, 0.1) is 0 Å². The van der Waals surface area contributed by atoms with Crippen molar-refractivity contribution in [1.29, 1.82) is 0 Å². The van der Waals surface area contributed by atoms with E-state index in [4.69, 9.17) is 16.7 Å². The summed E-state index contributed by atoms with van der Waals surface area (Å²) in [6, 6.07) is 15.0. The molecule has 2 N–H and O–H groups in total. The standard InChI is InChI=1S/C23H21BrN6O4S/c1-28-22(33)17(12-19(31)25-16-10-8-15(24)9-11-16)30(23(28)35)13-18-21(34-27-29(18)2)26-20(32)14-6-4-3-5-7-14/h3-11,17H,12-13H2,1-2H3,(H-,25,26,27,31,32)/p+1. The van der Waals surface area contributed by atoms with Gasteiger partial charge in [-0.2, -0.15) is 0 Å². The highest BCUT2D eigenvalue weighted by Gasteiger charge is 2.43. The summed E-state index contributed by atoms with van der Waals surface area (Å²) < 4.78 is 7.66. The summed E-state index contributed by atoms with van der Waals surface area (Å²) in [6.45, 7) is 0.0928. The zero-order valence-electron chi connectivity index (χ0n) is 18.9. The van der Waals surface area contributed by atoms with Gasteiger partial charge in [0.2, 0.25) is 11.2 Å². The van der Waals surface area contributed by atoms with Gasteiger partial charge in [0.25, 0.3) is 17.5 Å². The van der Waals surface area contributed by atoms with Crippen LogP contribution in [0.3, 0.4) is 0 Å². The molecule has 0 aliphatic carbocycles. The number of amides is 3. The van der Waals surface area contributed by atoms with Crippen LogP contribution in [-0.2, 0) is 23.2 Å². The molecule has 10 nitrogen and oxygen atoms in total. The molecule has 4 rings (SSSR count). The number of nitrogens with one attached hydrogen (secondary N) is 2. The zero-order chi connectivity index (χ0) is 25.1. The van der Waals surface area contributed by atoms with E-state index in [1.165, 1.54) is 9.58 Å². The summed E-state index contributed by atoms with van der Waals surface area (Å²) in [4.78, 5) is 41.2. The molecular weight excluding hydrogens is 536 g/mol. The van der Waals surface area contributed by atoms with Gasteiger partial charge in [-0.1, -0.05) is 34.1 Å². The van der Waals surface area contributed by atoms with Gasteiger partial charge in [-0.3, -0.25) is 29.1 Å². The number of carbonyl (C=O) groups excluding carboxylic acids is 3. The van der Waals surface area contributed by atoms with Crippen molar-refractivity contribution in [1.82, 2.24) is 15.1 Å². The molecule has 180 valence electrons. The van der Waals surface area contributed by atoms with E-state index >= 15 is 0 Å². The molecule has 1 unspecified atom stereocenters. The molecule has 1 saturated heterocycles. The van der Waals surface area contributed by atoms with Crippen molar-refractivity contribution in [2.45, 2.75) is 19.0 Å². The van der Waals surface area contributed by atoms with E-state index in [0.717, 1.165) is 4.47 Å². The third-order valence-electron chi connectivity index (χ3n) is 5.52. The molecular formula is C23H22BrN6O4S+. The highest BCUT2D eigenvalue weighted by molar-refractivity contribution is 9.10. The van der Waals surface area contributed by atoms with Crippen molar-refractivity contribution in [3.05, 3.63) is 70.3 Å². The lowest BCUT2D eigenvalue weighted by Crippen LogP contribution is -2.42. The van der Waals surface area contributed by atoms with Crippen LogP contribution in [-0.4, -0.2) is 51.0 Å². The number of benzene rings is 2. The molecule has 1 aliphatic rings. The quantitative estimate of drug-likeness (QED) is 0.339. The van der Waals surface area contributed by atoms with Gasteiger partial charge in [0.1, 0.15) is 12.6 Å². The highest BCUT2D eigenvalue weighted by Crippen LogP contribution is 2.25. The first-order valence-electron chi connectivity index (χ1n) is 10.6. The van der Waals surface area contributed by atoms with Gasteiger partial charge in [-0.25, -0.2) is 0 Å². The Morgan fingerprint density at radius 2 is 1.83 bits per heavy atom. The van der Waals surface area contributed by atoms with E-state index in [-0.39, 0.29) is 41.7 Å². The van der Waals surface area contributed by atoms with Crippen LogP contribution in [0.5, 0.6) is 0 Å². The van der Waals surface area contributed by atoms with E-state index in [9.17, 15) is 14.4 Å². The Hall–Kier alpha value is -3.64. The van der Waals surface area contributed by atoms with E-state index in [1.807, 2.05) is 18.2 Å². The Morgan fingerprint density at radius 1 is 1.14 bits per heavy atom. The summed E-state index contributed by atoms with van der Waals surface area (Å²) in [5.41, 5.74) is 1.55. The summed E-state index contributed by atoms with van der Waals surface area (Å²) in [6.07, 6.45) is -0.111. The van der Waals surface area contributed by atoms with Crippen LogP contribution in [0.2, 0.25) is 0 Å². The van der Waals surface area contributed by atoms with E-state index in [0.29, 0.717) is 16.9 Å². The lowest BCUT2D eigenvalue weighted by atomic mass is 10.1. The van der Waals surface area contributed by atoms with Crippen LogP contribution in [0.25, 0.3) is 0 Å². The van der Waals surface area contributed by atoms with Crippen LogP contribution in [0.4, 0.5) is 11.6 Å². The number of nitrogens with zero attached hydrogens (tertiary/aromatic N) is 4. The number of carbonyl (C=O) groups is 3. The third-order valence-corrected chi connectivity index (χ3v) is 6.56. The number of rotatable bonds is 7. The van der Waals surface area contributed by atoms with Crippen molar-refractivity contribution in [3.63, 3.8) is 0 Å². The van der Waals surface area contributed by atoms with Gasteiger partial charge in [0.15, 0.2) is 12.2 Å². The van der Waals surface area contributed by atoms with Crippen molar-refractivity contribution in [3.8, 4) is 0 Å². The zero-order valence-corrected chi connectivity index (χ0v) is 21.3. The molecule has 1 fully saturated rings. The fourth-order valence-corrected chi connectivity index (χ4v) is 4.17. The smallest absolute Gasteiger partial charge is 0.307 e. The fraction of sp³-hybridized carbons (Fsp3) is 0.217. The molecule has 2 aromatic carbocycles. The molecule has 35 heavy (non-hydrogen) atoms. The minimum atomic E-state index is -0.824. The second kappa shape index (κ2) is 10.3. The van der Waals surface area contributed by atoms with E-state index < -0.39 is 6.04 Å². The normalized spacial score (nSPS) is 15.5. The van der Waals surface area contributed by atoms with Crippen LogP contribution >= 0.6 is 28.1 Å². The maximum atomic E-state index is 12.9. The van der Waals surface area contributed by atoms with Crippen LogP contribution in [0.1, 0.15) is 22.5 Å². The molecule has 3 amide bonds. The molecule has 0 spiro atoms. The van der Waals surface area contributed by atoms with Gasteiger partial charge < -0.3 is 10.2 Å². The van der Waals surface area contributed by atoms with Gasteiger partial charge in [-0.15, -0.1) is 0 Å². The minimum absolute atomic E-state index is 0.0928.